The van der Waals surface area contributed by atoms with Crippen LogP contribution >= 0.6 is 0 Å². The van der Waals surface area contributed by atoms with E-state index in [0.717, 1.165) is 25.7 Å². The molecule has 3 aromatic rings. The van der Waals surface area contributed by atoms with Gasteiger partial charge in [-0.1, -0.05) is 12.8 Å². The Morgan fingerprint density at radius 3 is 2.29 bits per heavy atom. The lowest BCUT2D eigenvalue weighted by Crippen LogP contribution is -2.14. The summed E-state index contributed by atoms with van der Waals surface area (Å²) in [6, 6.07) is 6.38. The van der Waals surface area contributed by atoms with Crippen LogP contribution in [0.4, 0.5) is 13.2 Å². The minimum atomic E-state index is -2.99. The molecule has 9 heteroatoms. The number of esters is 1. The average molecular weight is 475 g/mol. The van der Waals surface area contributed by atoms with Gasteiger partial charge in [-0.3, -0.25) is 14.2 Å². The lowest BCUT2D eigenvalue weighted by Gasteiger charge is -2.18. The van der Waals surface area contributed by atoms with E-state index in [1.165, 1.54) is 48.9 Å². The highest BCUT2D eigenvalue weighted by atomic mass is 19.3. The predicted octanol–water partition coefficient (Wildman–Crippen LogP) is 5.97. The number of halogens is 3. The molecule has 1 aliphatic rings. The first kappa shape index (κ1) is 23.7. The third-order valence-electron chi connectivity index (χ3n) is 6.13. The van der Waals surface area contributed by atoms with Gasteiger partial charge in [-0.25, -0.2) is 4.39 Å². The van der Waals surface area contributed by atoms with Crippen molar-refractivity contribution in [2.75, 3.05) is 7.11 Å². The molecule has 180 valence electrons. The lowest BCUT2D eigenvalue weighted by atomic mass is 9.92. The fourth-order valence-corrected chi connectivity index (χ4v) is 4.77. The Hall–Kier alpha value is -3.49. The maximum absolute atomic E-state index is 15.2. The fraction of sp³-hybridized carbons (Fsp3) is 0.360. The van der Waals surface area contributed by atoms with Crippen molar-refractivity contribution >= 4 is 22.8 Å². The molecular formula is C25H24F3NO5. The Kier molecular flexibility index (Phi) is 6.54. The SMILES string of the molecule is COc1c(F)cc2c(c(OC(C)=O)c(C)n2C(=O)c2ccc(OC(F)F)cc2)c1C1CCCC1. The van der Waals surface area contributed by atoms with Crippen molar-refractivity contribution in [3.8, 4) is 17.2 Å². The molecule has 0 unspecified atom stereocenters. The highest BCUT2D eigenvalue weighted by Gasteiger charge is 2.32. The number of carbonyl (C=O) groups excluding carboxylic acids is 2. The minimum Gasteiger partial charge on any atom is -0.493 e. The van der Waals surface area contributed by atoms with Crippen LogP contribution < -0.4 is 14.2 Å². The van der Waals surface area contributed by atoms with Crippen molar-refractivity contribution in [1.82, 2.24) is 4.57 Å². The van der Waals surface area contributed by atoms with Gasteiger partial charge in [0.25, 0.3) is 5.91 Å². The van der Waals surface area contributed by atoms with Crippen molar-refractivity contribution in [2.24, 2.45) is 0 Å². The summed E-state index contributed by atoms with van der Waals surface area (Å²) in [7, 11) is 1.38. The van der Waals surface area contributed by atoms with Crippen LogP contribution in [0, 0.1) is 12.7 Å². The Labute approximate surface area is 194 Å². The fourth-order valence-electron chi connectivity index (χ4n) is 4.77. The van der Waals surface area contributed by atoms with Gasteiger partial charge >= 0.3 is 12.6 Å². The second-order valence-electron chi connectivity index (χ2n) is 8.23. The molecule has 34 heavy (non-hydrogen) atoms. The van der Waals surface area contributed by atoms with E-state index in [-0.39, 0.29) is 34.2 Å². The van der Waals surface area contributed by atoms with E-state index in [4.69, 9.17) is 9.47 Å². The van der Waals surface area contributed by atoms with Gasteiger partial charge in [-0.2, -0.15) is 8.78 Å². The Balaban J connectivity index is 1.94. The van der Waals surface area contributed by atoms with Crippen LogP contribution in [0.25, 0.3) is 10.9 Å². The summed E-state index contributed by atoms with van der Waals surface area (Å²) in [4.78, 5) is 25.4. The number of hydrogen-bond acceptors (Lipinski definition) is 5. The van der Waals surface area contributed by atoms with Gasteiger partial charge in [0.15, 0.2) is 17.3 Å². The van der Waals surface area contributed by atoms with Gasteiger partial charge in [-0.05, 0) is 49.9 Å². The number of methoxy groups -OCH3 is 1. The number of carbonyl (C=O) groups is 2. The number of rotatable bonds is 6. The number of alkyl halides is 2. The van der Waals surface area contributed by atoms with E-state index in [1.54, 1.807) is 6.92 Å². The van der Waals surface area contributed by atoms with Crippen molar-refractivity contribution < 1.29 is 37.0 Å². The van der Waals surface area contributed by atoms with Gasteiger partial charge in [0.05, 0.1) is 23.7 Å². The van der Waals surface area contributed by atoms with E-state index in [9.17, 15) is 18.4 Å². The summed E-state index contributed by atoms with van der Waals surface area (Å²) >= 11 is 0. The second kappa shape index (κ2) is 9.40. The first-order chi connectivity index (χ1) is 16.2. The normalized spacial score (nSPS) is 14.1. The van der Waals surface area contributed by atoms with Crippen LogP contribution in [0.5, 0.6) is 17.2 Å². The zero-order chi connectivity index (χ0) is 24.6. The van der Waals surface area contributed by atoms with Crippen molar-refractivity contribution in [3.63, 3.8) is 0 Å². The van der Waals surface area contributed by atoms with Crippen molar-refractivity contribution in [3.05, 3.63) is 53.0 Å². The van der Waals surface area contributed by atoms with Gasteiger partial charge < -0.3 is 14.2 Å². The summed E-state index contributed by atoms with van der Waals surface area (Å²) in [5.74, 6) is -1.60. The summed E-state index contributed by atoms with van der Waals surface area (Å²) < 4.78 is 56.7. The van der Waals surface area contributed by atoms with Crippen LogP contribution in [0.2, 0.25) is 0 Å². The Morgan fingerprint density at radius 2 is 1.74 bits per heavy atom. The van der Waals surface area contributed by atoms with Gasteiger partial charge in [-0.15, -0.1) is 0 Å². The largest absolute Gasteiger partial charge is 0.493 e. The number of benzene rings is 2. The Morgan fingerprint density at radius 1 is 1.09 bits per heavy atom. The summed E-state index contributed by atoms with van der Waals surface area (Å²) in [6.07, 6.45) is 3.58. The second-order valence-corrected chi connectivity index (χ2v) is 8.23. The number of ether oxygens (including phenoxy) is 3. The van der Waals surface area contributed by atoms with Crippen LogP contribution in [0.1, 0.15) is 60.1 Å². The monoisotopic (exact) mass is 475 g/mol. The molecule has 1 saturated carbocycles. The van der Waals surface area contributed by atoms with Gasteiger partial charge in [0, 0.05) is 24.1 Å². The maximum atomic E-state index is 15.2. The standard InChI is InChI=1S/C25H24F3NO5/c1-13-22(33-14(2)30)21-19(12-18(26)23(32-3)20(21)15-6-4-5-7-15)29(13)24(31)16-8-10-17(11-9-16)34-25(27)28/h8-12,15,25H,4-7H2,1-3H3. The van der Waals surface area contributed by atoms with Crippen LogP contribution in [-0.2, 0) is 4.79 Å². The molecule has 1 aromatic heterocycles. The molecule has 0 N–H and O–H groups in total. The summed E-state index contributed by atoms with van der Waals surface area (Å²) in [6.45, 7) is -0.134. The lowest BCUT2D eigenvalue weighted by molar-refractivity contribution is -0.131. The molecule has 1 fully saturated rings. The molecule has 4 rings (SSSR count). The van der Waals surface area contributed by atoms with Gasteiger partial charge in [0.1, 0.15) is 5.75 Å². The first-order valence-electron chi connectivity index (χ1n) is 10.9. The van der Waals surface area contributed by atoms with E-state index in [1.807, 2.05) is 0 Å². The third-order valence-corrected chi connectivity index (χ3v) is 6.13. The molecule has 0 spiro atoms. The van der Waals surface area contributed by atoms with E-state index in [2.05, 4.69) is 4.74 Å². The maximum Gasteiger partial charge on any atom is 0.387 e. The van der Waals surface area contributed by atoms with Crippen molar-refractivity contribution in [1.29, 1.82) is 0 Å². The van der Waals surface area contributed by atoms with E-state index in [0.29, 0.717) is 16.6 Å². The zero-order valence-corrected chi connectivity index (χ0v) is 19.0. The Bertz CT molecular complexity index is 1240. The predicted molar refractivity (Wildman–Crippen MR) is 119 cm³/mol. The molecule has 6 nitrogen and oxygen atoms in total. The summed E-state index contributed by atoms with van der Waals surface area (Å²) in [5.41, 5.74) is 1.30. The van der Waals surface area contributed by atoms with E-state index >= 15 is 4.39 Å². The molecule has 0 bridgehead atoms. The van der Waals surface area contributed by atoms with E-state index < -0.39 is 24.3 Å². The molecule has 1 heterocycles. The molecule has 0 amide bonds. The molecule has 1 aliphatic carbocycles. The number of nitrogens with zero attached hydrogens (tertiary/aromatic N) is 1. The quantitative estimate of drug-likeness (QED) is 0.411. The summed E-state index contributed by atoms with van der Waals surface area (Å²) in [5, 5.41) is 0.462. The molecular weight excluding hydrogens is 451 g/mol. The molecule has 0 aliphatic heterocycles. The number of hydrogen-bond donors (Lipinski definition) is 0. The zero-order valence-electron chi connectivity index (χ0n) is 19.0. The molecule has 0 atom stereocenters. The third kappa shape index (κ3) is 4.22. The molecule has 0 radical (unpaired) electrons. The van der Waals surface area contributed by atoms with Gasteiger partial charge in [0.2, 0.25) is 0 Å². The number of fused-ring (bicyclic) bond motifs is 1. The van der Waals surface area contributed by atoms with Crippen LogP contribution in [0.15, 0.2) is 30.3 Å². The number of aromatic nitrogens is 1. The smallest absolute Gasteiger partial charge is 0.387 e. The highest BCUT2D eigenvalue weighted by Crippen LogP contribution is 2.48. The molecule has 0 saturated heterocycles. The first-order valence-corrected chi connectivity index (χ1v) is 10.9. The molecule has 2 aromatic carbocycles. The van der Waals surface area contributed by atoms with Crippen LogP contribution in [-0.4, -0.2) is 30.2 Å². The topological polar surface area (TPSA) is 66.8 Å². The minimum absolute atomic E-state index is 0.0152. The highest BCUT2D eigenvalue weighted by molar-refractivity contribution is 6.07. The average Bonchev–Trinajstić information content (AvgIpc) is 3.39. The van der Waals surface area contributed by atoms with Crippen LogP contribution in [0.3, 0.4) is 0 Å². The van der Waals surface area contributed by atoms with Crippen molar-refractivity contribution in [2.45, 2.75) is 52.1 Å².